The standard InChI is InChI=1S/C25H21N3O4/c1-17(16-28-22(29)20-14-8-9-15-21(20)23(28)30)26-27-24(31)25(32,18-10-4-2-5-11-18)19-12-6-3-7-13-19/h2-15,32H,16H2,1H3,(H,27,31)/b26-17-. The lowest BCUT2D eigenvalue weighted by Crippen LogP contribution is -2.44. The van der Waals surface area contributed by atoms with Crippen LogP contribution in [-0.2, 0) is 10.4 Å². The molecule has 0 atom stereocenters. The van der Waals surface area contributed by atoms with Crippen LogP contribution >= 0.6 is 0 Å². The Morgan fingerprint density at radius 3 is 1.75 bits per heavy atom. The molecular formula is C25H21N3O4. The van der Waals surface area contributed by atoms with Crippen LogP contribution in [-0.4, -0.2) is 40.0 Å². The van der Waals surface area contributed by atoms with Gasteiger partial charge in [-0.25, -0.2) is 5.43 Å². The Hall–Kier alpha value is -4.10. The normalized spacial score (nSPS) is 13.8. The fourth-order valence-corrected chi connectivity index (χ4v) is 3.66. The van der Waals surface area contributed by atoms with Gasteiger partial charge in [-0.15, -0.1) is 0 Å². The van der Waals surface area contributed by atoms with Crippen LogP contribution in [0.2, 0.25) is 0 Å². The molecule has 32 heavy (non-hydrogen) atoms. The predicted octanol–water partition coefficient (Wildman–Crippen LogP) is 2.71. The summed E-state index contributed by atoms with van der Waals surface area (Å²) in [6, 6.07) is 23.7. The van der Waals surface area contributed by atoms with Gasteiger partial charge in [-0.1, -0.05) is 72.8 Å². The Kier molecular flexibility index (Phi) is 5.66. The number of nitrogens with one attached hydrogen (secondary N) is 1. The van der Waals surface area contributed by atoms with E-state index in [1.807, 2.05) is 0 Å². The second-order valence-electron chi connectivity index (χ2n) is 7.47. The number of hydrogen-bond donors (Lipinski definition) is 2. The first-order chi connectivity index (χ1) is 15.4. The van der Waals surface area contributed by atoms with Crippen molar-refractivity contribution >= 4 is 23.4 Å². The molecule has 1 aliphatic heterocycles. The average Bonchev–Trinajstić information content (AvgIpc) is 3.08. The number of amides is 3. The lowest BCUT2D eigenvalue weighted by Gasteiger charge is -2.27. The lowest BCUT2D eigenvalue weighted by molar-refractivity contribution is -0.136. The number of carbonyl (C=O) groups excluding carboxylic acids is 3. The maximum absolute atomic E-state index is 13.1. The molecule has 0 radical (unpaired) electrons. The molecule has 3 amide bonds. The number of nitrogens with zero attached hydrogens (tertiary/aromatic N) is 2. The van der Waals surface area contributed by atoms with Crippen LogP contribution in [0.15, 0.2) is 90.0 Å². The van der Waals surface area contributed by atoms with Gasteiger partial charge in [0.15, 0.2) is 5.60 Å². The molecule has 0 aromatic heterocycles. The highest BCUT2D eigenvalue weighted by atomic mass is 16.3. The molecule has 0 aliphatic carbocycles. The van der Waals surface area contributed by atoms with Crippen molar-refractivity contribution in [3.63, 3.8) is 0 Å². The molecule has 0 bridgehead atoms. The van der Waals surface area contributed by atoms with E-state index < -0.39 is 23.3 Å². The van der Waals surface area contributed by atoms with Gasteiger partial charge in [0.05, 0.1) is 23.4 Å². The first kappa shape index (κ1) is 21.1. The Morgan fingerprint density at radius 2 is 1.28 bits per heavy atom. The molecule has 2 N–H and O–H groups in total. The third-order valence-electron chi connectivity index (χ3n) is 5.33. The Morgan fingerprint density at radius 1 is 0.844 bits per heavy atom. The fraction of sp³-hybridized carbons (Fsp3) is 0.120. The molecule has 4 rings (SSSR count). The number of rotatable bonds is 6. The summed E-state index contributed by atoms with van der Waals surface area (Å²) < 4.78 is 0. The van der Waals surface area contributed by atoms with Crippen LogP contribution in [0.5, 0.6) is 0 Å². The first-order valence-electron chi connectivity index (χ1n) is 10.0. The average molecular weight is 427 g/mol. The third kappa shape index (κ3) is 3.70. The van der Waals surface area contributed by atoms with E-state index in [1.165, 1.54) is 0 Å². The Balaban J connectivity index is 1.55. The molecule has 0 saturated carbocycles. The van der Waals surface area contributed by atoms with Gasteiger partial charge >= 0.3 is 0 Å². The first-order valence-corrected chi connectivity index (χ1v) is 10.0. The molecule has 3 aromatic rings. The minimum Gasteiger partial charge on any atom is -0.372 e. The highest BCUT2D eigenvalue weighted by Crippen LogP contribution is 2.30. The lowest BCUT2D eigenvalue weighted by atomic mass is 9.85. The van der Waals surface area contributed by atoms with Gasteiger partial charge in [-0.3, -0.25) is 19.3 Å². The van der Waals surface area contributed by atoms with Crippen molar-refractivity contribution in [3.05, 3.63) is 107 Å². The third-order valence-corrected chi connectivity index (χ3v) is 5.33. The summed E-state index contributed by atoms with van der Waals surface area (Å²) in [6.07, 6.45) is 0. The smallest absolute Gasteiger partial charge is 0.281 e. The Bertz CT molecular complexity index is 1130. The van der Waals surface area contributed by atoms with Gasteiger partial charge in [-0.05, 0) is 30.2 Å². The molecule has 1 aliphatic rings. The number of fused-ring (bicyclic) bond motifs is 1. The summed E-state index contributed by atoms with van der Waals surface area (Å²) in [5, 5.41) is 15.5. The summed E-state index contributed by atoms with van der Waals surface area (Å²) >= 11 is 0. The van der Waals surface area contributed by atoms with Crippen LogP contribution in [0.1, 0.15) is 38.8 Å². The summed E-state index contributed by atoms with van der Waals surface area (Å²) in [5.74, 6) is -1.57. The van der Waals surface area contributed by atoms with Gasteiger partial charge in [0, 0.05) is 0 Å². The quantitative estimate of drug-likeness (QED) is 0.359. The second-order valence-corrected chi connectivity index (χ2v) is 7.47. The molecule has 1 heterocycles. The monoisotopic (exact) mass is 427 g/mol. The second kappa shape index (κ2) is 8.56. The minimum absolute atomic E-state index is 0.0816. The minimum atomic E-state index is -1.97. The number of imide groups is 1. The Labute approximate surface area is 185 Å². The van der Waals surface area contributed by atoms with Crippen molar-refractivity contribution in [2.75, 3.05) is 6.54 Å². The summed E-state index contributed by atoms with van der Waals surface area (Å²) in [5.41, 5.74) is 2.21. The van der Waals surface area contributed by atoms with Gasteiger partial charge in [-0.2, -0.15) is 5.10 Å². The van der Waals surface area contributed by atoms with E-state index in [-0.39, 0.29) is 6.54 Å². The fourth-order valence-electron chi connectivity index (χ4n) is 3.66. The predicted molar refractivity (Wildman–Crippen MR) is 119 cm³/mol. The number of hydrazone groups is 1. The zero-order valence-electron chi connectivity index (χ0n) is 17.4. The van der Waals surface area contributed by atoms with Crippen molar-refractivity contribution in [2.24, 2.45) is 5.10 Å². The summed E-state index contributed by atoms with van der Waals surface area (Å²) in [4.78, 5) is 39.2. The van der Waals surface area contributed by atoms with Crippen molar-refractivity contribution in [1.29, 1.82) is 0 Å². The van der Waals surface area contributed by atoms with E-state index in [1.54, 1.807) is 91.9 Å². The van der Waals surface area contributed by atoms with E-state index in [4.69, 9.17) is 0 Å². The summed E-state index contributed by atoms with van der Waals surface area (Å²) in [6.45, 7) is 1.51. The summed E-state index contributed by atoms with van der Waals surface area (Å²) in [7, 11) is 0. The van der Waals surface area contributed by atoms with E-state index in [0.29, 0.717) is 28.0 Å². The molecule has 0 saturated heterocycles. The number of carbonyl (C=O) groups is 3. The molecule has 0 fully saturated rings. The van der Waals surface area contributed by atoms with Crippen LogP contribution in [0.3, 0.4) is 0 Å². The molecule has 7 heteroatoms. The molecule has 0 spiro atoms. The molecular weight excluding hydrogens is 406 g/mol. The number of benzene rings is 3. The largest absolute Gasteiger partial charge is 0.372 e. The molecule has 3 aromatic carbocycles. The van der Waals surface area contributed by atoms with Crippen LogP contribution in [0, 0.1) is 0 Å². The van der Waals surface area contributed by atoms with E-state index in [0.717, 1.165) is 4.90 Å². The van der Waals surface area contributed by atoms with Crippen molar-refractivity contribution < 1.29 is 19.5 Å². The van der Waals surface area contributed by atoms with Gasteiger partial charge < -0.3 is 5.11 Å². The SMILES string of the molecule is C/C(CN1C(=O)c2ccccc2C1=O)=N/NC(=O)C(O)(c1ccccc1)c1ccccc1. The zero-order chi connectivity index (χ0) is 22.7. The topological polar surface area (TPSA) is 99.1 Å². The zero-order valence-corrected chi connectivity index (χ0v) is 17.4. The van der Waals surface area contributed by atoms with Crippen LogP contribution in [0.25, 0.3) is 0 Å². The van der Waals surface area contributed by atoms with E-state index in [9.17, 15) is 19.5 Å². The highest BCUT2D eigenvalue weighted by Gasteiger charge is 2.40. The molecule has 0 unspecified atom stereocenters. The maximum Gasteiger partial charge on any atom is 0.281 e. The van der Waals surface area contributed by atoms with Gasteiger partial charge in [0.2, 0.25) is 0 Å². The van der Waals surface area contributed by atoms with Crippen molar-refractivity contribution in [2.45, 2.75) is 12.5 Å². The molecule has 7 nitrogen and oxygen atoms in total. The van der Waals surface area contributed by atoms with Gasteiger partial charge in [0.25, 0.3) is 17.7 Å². The maximum atomic E-state index is 13.1. The highest BCUT2D eigenvalue weighted by molar-refractivity contribution is 6.22. The van der Waals surface area contributed by atoms with Crippen molar-refractivity contribution in [1.82, 2.24) is 10.3 Å². The number of aliphatic hydroxyl groups is 1. The van der Waals surface area contributed by atoms with E-state index in [2.05, 4.69) is 10.5 Å². The van der Waals surface area contributed by atoms with Crippen LogP contribution < -0.4 is 5.43 Å². The molecule has 160 valence electrons. The number of hydrogen-bond acceptors (Lipinski definition) is 5. The van der Waals surface area contributed by atoms with Crippen LogP contribution in [0.4, 0.5) is 0 Å². The van der Waals surface area contributed by atoms with Gasteiger partial charge in [0.1, 0.15) is 0 Å². The van der Waals surface area contributed by atoms with Crippen molar-refractivity contribution in [3.8, 4) is 0 Å². The van der Waals surface area contributed by atoms with E-state index >= 15 is 0 Å².